The maximum Gasteiger partial charge on any atom is 0.266 e. The van der Waals surface area contributed by atoms with Crippen LogP contribution in [0.3, 0.4) is 0 Å². The van der Waals surface area contributed by atoms with Crippen molar-refractivity contribution in [3.05, 3.63) is 41.6 Å². The average molecular weight is 442 g/mol. The first-order chi connectivity index (χ1) is 13.7. The van der Waals surface area contributed by atoms with E-state index >= 15 is 0 Å². The van der Waals surface area contributed by atoms with Gasteiger partial charge < -0.3 is 10.2 Å². The second kappa shape index (κ2) is 8.81. The van der Waals surface area contributed by atoms with Gasteiger partial charge in [0.2, 0.25) is 0 Å². The van der Waals surface area contributed by atoms with Gasteiger partial charge in [0.25, 0.3) is 10.0 Å². The van der Waals surface area contributed by atoms with Gasteiger partial charge in [-0.25, -0.2) is 22.8 Å². The zero-order valence-corrected chi connectivity index (χ0v) is 18.1. The Kier molecular flexibility index (Phi) is 6.60. The minimum absolute atomic E-state index is 0.0443. The maximum atomic E-state index is 14.7. The summed E-state index contributed by atoms with van der Waals surface area (Å²) < 4.78 is 42.1. The molecule has 2 N–H and O–H groups in total. The molecule has 1 heterocycles. The number of likely N-dealkylation sites (N-methyl/N-ethyl adjacent to an activating group) is 1. The molecule has 1 aliphatic rings. The summed E-state index contributed by atoms with van der Waals surface area (Å²) in [7, 11) is -0.140. The van der Waals surface area contributed by atoms with E-state index in [9.17, 15) is 12.8 Å². The van der Waals surface area contributed by atoms with Gasteiger partial charge in [0.05, 0.1) is 10.7 Å². The Morgan fingerprint density at radius 2 is 2.03 bits per heavy atom. The lowest BCUT2D eigenvalue weighted by molar-refractivity contribution is 0.177. The zero-order valence-electron chi connectivity index (χ0n) is 16.6. The van der Waals surface area contributed by atoms with Crippen molar-refractivity contribution < 1.29 is 12.8 Å². The summed E-state index contributed by atoms with van der Waals surface area (Å²) in [6, 6.07) is 4.01. The van der Waals surface area contributed by atoms with Crippen LogP contribution in [0.4, 0.5) is 15.9 Å². The van der Waals surface area contributed by atoms with Gasteiger partial charge in [-0.2, -0.15) is 0 Å². The van der Waals surface area contributed by atoms with Crippen LogP contribution in [0.25, 0.3) is 0 Å². The third-order valence-electron chi connectivity index (χ3n) is 5.21. The summed E-state index contributed by atoms with van der Waals surface area (Å²) in [5.74, 6) is -0.222. The van der Waals surface area contributed by atoms with Crippen molar-refractivity contribution in [2.45, 2.75) is 43.2 Å². The molecule has 29 heavy (non-hydrogen) atoms. The second-order valence-electron chi connectivity index (χ2n) is 7.66. The average Bonchev–Trinajstić information content (AvgIpc) is 2.66. The van der Waals surface area contributed by atoms with Gasteiger partial charge in [-0.15, -0.1) is 0 Å². The molecule has 0 spiro atoms. The van der Waals surface area contributed by atoms with Crippen molar-refractivity contribution in [3.8, 4) is 0 Å². The number of hydrogen-bond donors (Lipinski definition) is 2. The van der Waals surface area contributed by atoms with Gasteiger partial charge in [-0.1, -0.05) is 18.5 Å². The summed E-state index contributed by atoms with van der Waals surface area (Å²) in [6.45, 7) is 2.23. The first-order valence-electron chi connectivity index (χ1n) is 9.38. The number of nitrogens with one attached hydrogen (secondary N) is 2. The molecule has 3 atom stereocenters. The number of rotatable bonds is 6. The lowest BCUT2D eigenvalue weighted by Crippen LogP contribution is -2.47. The van der Waals surface area contributed by atoms with Gasteiger partial charge in [-0.05, 0) is 57.5 Å². The fraction of sp³-hybridized carbons (Fsp3) is 0.474. The van der Waals surface area contributed by atoms with Crippen LogP contribution in [-0.2, 0) is 10.0 Å². The van der Waals surface area contributed by atoms with Gasteiger partial charge in [0.1, 0.15) is 22.9 Å². The largest absolute Gasteiger partial charge is 0.379 e. The van der Waals surface area contributed by atoms with E-state index in [1.54, 1.807) is 0 Å². The van der Waals surface area contributed by atoms with Crippen LogP contribution < -0.4 is 10.0 Å². The maximum absolute atomic E-state index is 14.7. The summed E-state index contributed by atoms with van der Waals surface area (Å²) in [5, 5.41) is 3.46. The number of nitrogens with zero attached hydrogens (tertiary/aromatic N) is 3. The van der Waals surface area contributed by atoms with E-state index in [-0.39, 0.29) is 22.9 Å². The molecule has 0 unspecified atom stereocenters. The fourth-order valence-electron chi connectivity index (χ4n) is 3.68. The number of anilines is 2. The van der Waals surface area contributed by atoms with Crippen LogP contribution in [0.1, 0.15) is 26.2 Å². The van der Waals surface area contributed by atoms with Gasteiger partial charge in [-0.3, -0.25) is 4.72 Å². The molecule has 1 aromatic heterocycles. The molecule has 1 fully saturated rings. The smallest absolute Gasteiger partial charge is 0.266 e. The van der Waals surface area contributed by atoms with E-state index in [0.29, 0.717) is 11.6 Å². The highest BCUT2D eigenvalue weighted by Gasteiger charge is 2.31. The minimum atomic E-state index is -4.18. The van der Waals surface area contributed by atoms with Gasteiger partial charge in [0, 0.05) is 18.3 Å². The number of aromatic nitrogens is 2. The van der Waals surface area contributed by atoms with Crippen LogP contribution in [0, 0.1) is 11.7 Å². The number of halogens is 2. The van der Waals surface area contributed by atoms with Crippen LogP contribution in [0.2, 0.25) is 5.02 Å². The topological polar surface area (TPSA) is 87.2 Å². The van der Waals surface area contributed by atoms with Crippen molar-refractivity contribution in [1.82, 2.24) is 14.9 Å². The van der Waals surface area contributed by atoms with Crippen LogP contribution in [0.15, 0.2) is 35.6 Å². The number of hydrogen-bond acceptors (Lipinski definition) is 6. The summed E-state index contributed by atoms with van der Waals surface area (Å²) in [6.07, 6.45) is 5.60. The molecule has 1 aromatic carbocycles. The Balaban J connectivity index is 1.84. The molecule has 7 nitrogen and oxygen atoms in total. The van der Waals surface area contributed by atoms with E-state index in [0.717, 1.165) is 31.4 Å². The molecule has 0 saturated heterocycles. The summed E-state index contributed by atoms with van der Waals surface area (Å²) >= 11 is 6.32. The monoisotopic (exact) mass is 441 g/mol. The standard InChI is InChI=1S/C19H25ClFN5O2S/c1-12-4-5-15(17(8-12)26(2)3)24-16-10-14(21)18(9-13(16)20)29(27,28)25-19-6-7-22-11-23-19/h6-7,9-12,15,17,24H,4-5,8H2,1-3H3,(H,22,23,25)/t12-,15-,17-/m1/s1. The third kappa shape index (κ3) is 5.15. The highest BCUT2D eigenvalue weighted by molar-refractivity contribution is 7.92. The van der Waals surface area contributed by atoms with Crippen molar-refractivity contribution in [1.29, 1.82) is 0 Å². The molecular formula is C19H25ClFN5O2S. The quantitative estimate of drug-likeness (QED) is 0.712. The summed E-state index contributed by atoms with van der Waals surface area (Å²) in [4.78, 5) is 9.13. The van der Waals surface area contributed by atoms with E-state index < -0.39 is 20.7 Å². The molecule has 0 aliphatic heterocycles. The van der Waals surface area contributed by atoms with E-state index in [2.05, 4.69) is 31.8 Å². The minimum Gasteiger partial charge on any atom is -0.379 e. The Morgan fingerprint density at radius 1 is 1.28 bits per heavy atom. The van der Waals surface area contributed by atoms with E-state index in [1.807, 2.05) is 14.1 Å². The first-order valence-corrected chi connectivity index (χ1v) is 11.2. The SMILES string of the molecule is C[C@@H]1CC[C@@H](Nc2cc(F)c(S(=O)(=O)Nc3ccncn3)cc2Cl)[C@H](N(C)C)C1. The van der Waals surface area contributed by atoms with Crippen molar-refractivity contribution in [3.63, 3.8) is 0 Å². The Hall–Kier alpha value is -1.97. The van der Waals surface area contributed by atoms with E-state index in [4.69, 9.17) is 11.6 Å². The molecule has 10 heteroatoms. The lowest BCUT2D eigenvalue weighted by atomic mass is 9.82. The molecule has 1 aliphatic carbocycles. The highest BCUT2D eigenvalue weighted by Crippen LogP contribution is 2.33. The first kappa shape index (κ1) is 21.7. The highest BCUT2D eigenvalue weighted by atomic mass is 35.5. The molecule has 3 rings (SSSR count). The third-order valence-corrected chi connectivity index (χ3v) is 6.90. The Morgan fingerprint density at radius 3 is 2.69 bits per heavy atom. The number of benzene rings is 1. The van der Waals surface area contributed by atoms with Crippen LogP contribution >= 0.6 is 11.6 Å². The molecule has 158 valence electrons. The zero-order chi connectivity index (χ0) is 21.2. The molecule has 0 radical (unpaired) electrons. The normalized spacial score (nSPS) is 22.5. The summed E-state index contributed by atoms with van der Waals surface area (Å²) in [5.41, 5.74) is 0.386. The molecular weight excluding hydrogens is 417 g/mol. The van der Waals surface area contributed by atoms with Crippen LogP contribution in [0.5, 0.6) is 0 Å². The molecule has 0 amide bonds. The predicted octanol–water partition coefficient (Wildman–Crippen LogP) is 3.60. The second-order valence-corrected chi connectivity index (χ2v) is 9.72. The van der Waals surface area contributed by atoms with Gasteiger partial charge >= 0.3 is 0 Å². The van der Waals surface area contributed by atoms with E-state index in [1.165, 1.54) is 18.6 Å². The number of sulfonamides is 1. The predicted molar refractivity (Wildman–Crippen MR) is 112 cm³/mol. The molecule has 0 bridgehead atoms. The van der Waals surface area contributed by atoms with Crippen LogP contribution in [-0.4, -0.2) is 49.5 Å². The molecule has 2 aromatic rings. The molecule has 1 saturated carbocycles. The lowest BCUT2D eigenvalue weighted by Gasteiger charge is -2.39. The van der Waals surface area contributed by atoms with Crippen molar-refractivity contribution in [2.75, 3.05) is 24.1 Å². The van der Waals surface area contributed by atoms with Crippen molar-refractivity contribution >= 4 is 33.1 Å². The Bertz CT molecular complexity index is 959. The van der Waals surface area contributed by atoms with Gasteiger partial charge in [0.15, 0.2) is 0 Å². The van der Waals surface area contributed by atoms with Crippen molar-refractivity contribution in [2.24, 2.45) is 5.92 Å². The Labute approximate surface area is 175 Å². The fourth-order valence-corrected chi connectivity index (χ4v) is 5.06.